The third-order valence-electron chi connectivity index (χ3n) is 5.61. The van der Waals surface area contributed by atoms with E-state index in [4.69, 9.17) is 4.74 Å². The van der Waals surface area contributed by atoms with Crippen LogP contribution in [0, 0.1) is 5.82 Å². The van der Waals surface area contributed by atoms with Gasteiger partial charge in [0.1, 0.15) is 16.3 Å². The van der Waals surface area contributed by atoms with E-state index in [2.05, 4.69) is 10.6 Å². The van der Waals surface area contributed by atoms with E-state index in [9.17, 15) is 22.4 Å². The Morgan fingerprint density at radius 3 is 2.47 bits per heavy atom. The maximum atomic E-state index is 14.4. The lowest BCUT2D eigenvalue weighted by atomic mass is 9.80. The summed E-state index contributed by atoms with van der Waals surface area (Å²) in [5.74, 6) is -1.77. The van der Waals surface area contributed by atoms with E-state index in [-0.39, 0.29) is 37.8 Å². The van der Waals surface area contributed by atoms with Crippen LogP contribution in [0.4, 0.5) is 4.39 Å². The quantitative estimate of drug-likeness (QED) is 0.695. The molecule has 0 bridgehead atoms. The summed E-state index contributed by atoms with van der Waals surface area (Å²) in [6.07, 6.45) is 3.60. The Morgan fingerprint density at radius 1 is 1.17 bits per heavy atom. The van der Waals surface area contributed by atoms with Gasteiger partial charge in [0, 0.05) is 25.2 Å². The van der Waals surface area contributed by atoms with E-state index >= 15 is 0 Å². The topological polar surface area (TPSA) is 105 Å². The molecule has 1 aromatic rings. The summed E-state index contributed by atoms with van der Waals surface area (Å²) in [6, 6.07) is 3.25. The first-order valence-corrected chi connectivity index (χ1v) is 11.7. The van der Waals surface area contributed by atoms with Crippen molar-refractivity contribution in [2.24, 2.45) is 0 Å². The smallest absolute Gasteiger partial charge is 0.252 e. The minimum absolute atomic E-state index is 0.00233. The number of benzene rings is 1. The van der Waals surface area contributed by atoms with Gasteiger partial charge >= 0.3 is 0 Å². The molecule has 2 aliphatic rings. The van der Waals surface area contributed by atoms with Crippen LogP contribution in [0.3, 0.4) is 0 Å². The fourth-order valence-electron chi connectivity index (χ4n) is 3.95. The van der Waals surface area contributed by atoms with Crippen LogP contribution in [0.25, 0.3) is 0 Å². The lowest BCUT2D eigenvalue weighted by Crippen LogP contribution is -2.59. The number of sulfonamides is 1. The van der Waals surface area contributed by atoms with Gasteiger partial charge in [-0.25, -0.2) is 12.8 Å². The monoisotopic (exact) mass is 441 g/mol. The lowest BCUT2D eigenvalue weighted by Gasteiger charge is -2.36. The Kier molecular flexibility index (Phi) is 7.10. The van der Waals surface area contributed by atoms with E-state index in [1.54, 1.807) is 6.92 Å². The molecule has 166 valence electrons. The number of morpholine rings is 1. The van der Waals surface area contributed by atoms with Crippen molar-refractivity contribution in [2.45, 2.75) is 49.5 Å². The van der Waals surface area contributed by atoms with E-state index in [1.807, 2.05) is 0 Å². The van der Waals surface area contributed by atoms with Gasteiger partial charge in [0.25, 0.3) is 5.91 Å². The van der Waals surface area contributed by atoms with Gasteiger partial charge in [-0.3, -0.25) is 9.59 Å². The number of nitrogens with one attached hydrogen (secondary N) is 2. The summed E-state index contributed by atoms with van der Waals surface area (Å²) in [6.45, 7) is 2.96. The highest BCUT2D eigenvalue weighted by Gasteiger charge is 2.41. The van der Waals surface area contributed by atoms with Crippen LogP contribution in [0.1, 0.15) is 49.4 Å². The average molecular weight is 442 g/mol. The molecule has 2 fully saturated rings. The number of likely N-dealkylation sites (N-methyl/N-ethyl adjacent to an activating group) is 1. The summed E-state index contributed by atoms with van der Waals surface area (Å²) in [7, 11) is -4.10. The first-order valence-electron chi connectivity index (χ1n) is 10.3. The third-order valence-corrected chi connectivity index (χ3v) is 7.53. The summed E-state index contributed by atoms with van der Waals surface area (Å²) >= 11 is 0. The number of carbonyl (C=O) groups excluding carboxylic acids is 2. The van der Waals surface area contributed by atoms with Gasteiger partial charge in [-0.15, -0.1) is 0 Å². The van der Waals surface area contributed by atoms with Crippen molar-refractivity contribution in [1.82, 2.24) is 14.9 Å². The van der Waals surface area contributed by atoms with Gasteiger partial charge < -0.3 is 15.4 Å². The molecule has 2 amide bonds. The number of amides is 2. The Balaban J connectivity index is 1.87. The molecular weight excluding hydrogens is 413 g/mol. The number of carbonyl (C=O) groups is 2. The maximum Gasteiger partial charge on any atom is 0.252 e. The van der Waals surface area contributed by atoms with Crippen LogP contribution >= 0.6 is 0 Å². The third kappa shape index (κ3) is 4.65. The van der Waals surface area contributed by atoms with Crippen LogP contribution in [-0.2, 0) is 19.6 Å². The molecule has 0 unspecified atom stereocenters. The SMILES string of the molecule is CCNC(=O)C1(NC(=O)c2ccc(F)c(S(=O)(=O)N3CCOCC3)c2)CCCCC1. The predicted octanol–water partition coefficient (Wildman–Crippen LogP) is 1.42. The van der Waals surface area contributed by atoms with E-state index < -0.39 is 32.2 Å². The van der Waals surface area contributed by atoms with E-state index in [1.165, 1.54) is 6.07 Å². The normalized spacial score (nSPS) is 19.8. The molecule has 1 heterocycles. The van der Waals surface area contributed by atoms with Gasteiger partial charge in [-0.2, -0.15) is 4.31 Å². The summed E-state index contributed by atoms with van der Waals surface area (Å²) in [5.41, 5.74) is -1.04. The van der Waals surface area contributed by atoms with Gasteiger partial charge in [-0.1, -0.05) is 19.3 Å². The Labute approximate surface area is 176 Å². The van der Waals surface area contributed by atoms with Crippen molar-refractivity contribution in [1.29, 1.82) is 0 Å². The number of hydrogen-bond acceptors (Lipinski definition) is 5. The summed E-state index contributed by atoms with van der Waals surface area (Å²) in [5, 5.41) is 5.58. The maximum absolute atomic E-state index is 14.4. The Bertz CT molecular complexity index is 894. The second kappa shape index (κ2) is 9.40. The van der Waals surface area contributed by atoms with Crippen molar-refractivity contribution < 1.29 is 27.1 Å². The minimum Gasteiger partial charge on any atom is -0.379 e. The lowest BCUT2D eigenvalue weighted by molar-refractivity contribution is -0.128. The van der Waals surface area contributed by atoms with Crippen molar-refractivity contribution in [3.8, 4) is 0 Å². The van der Waals surface area contributed by atoms with Crippen molar-refractivity contribution in [3.63, 3.8) is 0 Å². The zero-order valence-electron chi connectivity index (χ0n) is 17.1. The first kappa shape index (κ1) is 22.6. The fraction of sp³-hybridized carbons (Fsp3) is 0.600. The van der Waals surface area contributed by atoms with Crippen molar-refractivity contribution in [3.05, 3.63) is 29.6 Å². The van der Waals surface area contributed by atoms with Gasteiger partial charge in [0.05, 0.1) is 13.2 Å². The zero-order chi connectivity index (χ0) is 21.8. The molecule has 10 heteroatoms. The van der Waals surface area contributed by atoms with Crippen LogP contribution in [0.2, 0.25) is 0 Å². The molecule has 1 aliphatic carbocycles. The molecule has 30 heavy (non-hydrogen) atoms. The number of halogens is 1. The molecule has 8 nitrogen and oxygen atoms in total. The van der Waals surface area contributed by atoms with E-state index in [0.717, 1.165) is 35.7 Å². The largest absolute Gasteiger partial charge is 0.379 e. The summed E-state index contributed by atoms with van der Waals surface area (Å²) < 4.78 is 46.4. The first-order chi connectivity index (χ1) is 14.3. The van der Waals surface area contributed by atoms with Gasteiger partial charge in [0.15, 0.2) is 0 Å². The molecule has 0 radical (unpaired) electrons. The van der Waals surface area contributed by atoms with Crippen LogP contribution in [0.15, 0.2) is 23.1 Å². The van der Waals surface area contributed by atoms with E-state index in [0.29, 0.717) is 19.4 Å². The highest BCUT2D eigenvalue weighted by molar-refractivity contribution is 7.89. The highest BCUT2D eigenvalue weighted by atomic mass is 32.2. The molecular formula is C20H28FN3O5S. The zero-order valence-corrected chi connectivity index (χ0v) is 17.9. The number of rotatable bonds is 6. The second-order valence-corrected chi connectivity index (χ2v) is 9.52. The van der Waals surface area contributed by atoms with Crippen LogP contribution < -0.4 is 10.6 Å². The van der Waals surface area contributed by atoms with Gasteiger partial charge in [-0.05, 0) is 38.0 Å². The molecule has 0 spiro atoms. The average Bonchev–Trinajstić information content (AvgIpc) is 2.75. The Morgan fingerprint density at radius 2 is 1.83 bits per heavy atom. The molecule has 3 rings (SSSR count). The Hall–Kier alpha value is -2.04. The number of nitrogens with zero attached hydrogens (tertiary/aromatic N) is 1. The highest BCUT2D eigenvalue weighted by Crippen LogP contribution is 2.29. The fourth-order valence-corrected chi connectivity index (χ4v) is 5.45. The molecule has 0 atom stereocenters. The van der Waals surface area contributed by atoms with Crippen LogP contribution in [-0.4, -0.2) is 62.9 Å². The predicted molar refractivity (Wildman–Crippen MR) is 108 cm³/mol. The molecule has 1 aromatic carbocycles. The standard InChI is InChI=1S/C20H28FN3O5S/c1-2-22-19(26)20(8-4-3-5-9-20)23-18(25)15-6-7-16(21)17(14-15)30(27,28)24-10-12-29-13-11-24/h6-7,14H,2-5,8-13H2,1H3,(H,22,26)(H,23,25). The molecule has 1 saturated heterocycles. The number of hydrogen-bond donors (Lipinski definition) is 2. The van der Waals surface area contributed by atoms with Gasteiger partial charge in [0.2, 0.25) is 15.9 Å². The minimum atomic E-state index is -4.10. The second-order valence-electron chi connectivity index (χ2n) is 7.62. The molecule has 1 aliphatic heterocycles. The summed E-state index contributed by atoms with van der Waals surface area (Å²) in [4.78, 5) is 25.1. The molecule has 2 N–H and O–H groups in total. The number of ether oxygens (including phenoxy) is 1. The molecule has 1 saturated carbocycles. The molecule has 0 aromatic heterocycles. The van der Waals surface area contributed by atoms with Crippen molar-refractivity contribution in [2.75, 3.05) is 32.8 Å². The van der Waals surface area contributed by atoms with Crippen LogP contribution in [0.5, 0.6) is 0 Å². The van der Waals surface area contributed by atoms with Crippen molar-refractivity contribution >= 4 is 21.8 Å².